The Kier molecular flexibility index (Phi) is 7.55. The number of nitrogens with one attached hydrogen (secondary N) is 1. The Morgan fingerprint density at radius 2 is 1.88 bits per heavy atom. The molecule has 8 heteroatoms. The lowest BCUT2D eigenvalue weighted by Crippen LogP contribution is -2.46. The summed E-state index contributed by atoms with van der Waals surface area (Å²) in [5.74, 6) is 1.04. The fourth-order valence-electron chi connectivity index (χ4n) is 4.39. The van der Waals surface area contributed by atoms with Gasteiger partial charge in [-0.05, 0) is 55.9 Å². The summed E-state index contributed by atoms with van der Waals surface area (Å²) in [6, 6.07) is 15.4. The zero-order valence-electron chi connectivity index (χ0n) is 19.0. The predicted octanol–water partition coefficient (Wildman–Crippen LogP) is 3.31. The molecule has 0 radical (unpaired) electrons. The van der Waals surface area contributed by atoms with E-state index in [1.165, 1.54) is 4.31 Å². The van der Waals surface area contributed by atoms with E-state index in [1.54, 1.807) is 0 Å². The standard InChI is InChI=1S/C25H32N2O5S/c1-19(21-11-12-23-24(17-21)32-15-14-31-23)26-25(28)22-10-5-13-27(18-22)33(29,30)16-6-9-20-7-3-2-4-8-20/h2-4,7-8,11-12,17,19,22H,5-6,9-10,13-16,18H2,1H3,(H,26,28)/t19-,22-/m1/s1. The highest BCUT2D eigenvalue weighted by molar-refractivity contribution is 7.89. The van der Waals surface area contributed by atoms with Crippen LogP contribution < -0.4 is 14.8 Å². The molecule has 0 saturated carbocycles. The minimum Gasteiger partial charge on any atom is -0.486 e. The molecule has 1 amide bonds. The lowest BCUT2D eigenvalue weighted by molar-refractivity contribution is -0.126. The Morgan fingerprint density at radius 3 is 2.67 bits per heavy atom. The van der Waals surface area contributed by atoms with Gasteiger partial charge in [0.15, 0.2) is 11.5 Å². The van der Waals surface area contributed by atoms with Crippen molar-refractivity contribution in [1.29, 1.82) is 0 Å². The number of sulfonamides is 1. The van der Waals surface area contributed by atoms with Crippen LogP contribution in [0.25, 0.3) is 0 Å². The maximum Gasteiger partial charge on any atom is 0.224 e. The zero-order chi connectivity index (χ0) is 23.3. The number of fused-ring (bicyclic) bond motifs is 1. The summed E-state index contributed by atoms with van der Waals surface area (Å²) in [7, 11) is -3.39. The third-order valence-corrected chi connectivity index (χ3v) is 8.21. The molecule has 178 valence electrons. The molecule has 0 unspecified atom stereocenters. The molecule has 2 aliphatic rings. The quantitative estimate of drug-likeness (QED) is 0.637. The van der Waals surface area contributed by atoms with Crippen molar-refractivity contribution in [3.8, 4) is 11.5 Å². The second kappa shape index (κ2) is 10.6. The molecule has 7 nitrogen and oxygen atoms in total. The topological polar surface area (TPSA) is 84.9 Å². The van der Waals surface area contributed by atoms with Gasteiger partial charge in [0.25, 0.3) is 0 Å². The van der Waals surface area contributed by atoms with Crippen LogP contribution in [0.1, 0.15) is 43.4 Å². The third-order valence-electron chi connectivity index (χ3n) is 6.28. The van der Waals surface area contributed by atoms with Gasteiger partial charge in [0.05, 0.1) is 17.7 Å². The van der Waals surface area contributed by atoms with Crippen LogP contribution in [0.5, 0.6) is 11.5 Å². The van der Waals surface area contributed by atoms with Crippen molar-refractivity contribution in [2.75, 3.05) is 32.1 Å². The maximum atomic E-state index is 13.0. The Morgan fingerprint density at radius 1 is 1.12 bits per heavy atom. The van der Waals surface area contributed by atoms with Crippen LogP contribution in [-0.4, -0.2) is 50.7 Å². The SMILES string of the molecule is C[C@@H](NC(=O)[C@@H]1CCCN(S(=O)(=O)CCCc2ccccc2)C1)c1ccc2c(c1)OCCO2. The smallest absolute Gasteiger partial charge is 0.224 e. The van der Waals surface area contributed by atoms with Crippen LogP contribution in [0, 0.1) is 5.92 Å². The van der Waals surface area contributed by atoms with Crippen molar-refractivity contribution in [3.63, 3.8) is 0 Å². The molecular weight excluding hydrogens is 440 g/mol. The Balaban J connectivity index is 1.31. The number of benzene rings is 2. The zero-order valence-corrected chi connectivity index (χ0v) is 19.9. The van der Waals surface area contributed by atoms with Gasteiger partial charge in [-0.2, -0.15) is 0 Å². The molecule has 0 spiro atoms. The van der Waals surface area contributed by atoms with E-state index in [0.29, 0.717) is 50.5 Å². The van der Waals surface area contributed by atoms with E-state index < -0.39 is 10.0 Å². The molecule has 0 aromatic heterocycles. The predicted molar refractivity (Wildman–Crippen MR) is 127 cm³/mol. The first-order valence-electron chi connectivity index (χ1n) is 11.6. The molecule has 0 bridgehead atoms. The normalized spacial score (nSPS) is 19.6. The minimum atomic E-state index is -3.39. The first-order chi connectivity index (χ1) is 15.9. The number of aryl methyl sites for hydroxylation is 1. The number of amides is 1. The highest BCUT2D eigenvalue weighted by atomic mass is 32.2. The second-order valence-electron chi connectivity index (χ2n) is 8.74. The van der Waals surface area contributed by atoms with E-state index in [4.69, 9.17) is 9.47 Å². The van der Waals surface area contributed by atoms with Gasteiger partial charge in [-0.3, -0.25) is 4.79 Å². The van der Waals surface area contributed by atoms with Gasteiger partial charge in [0, 0.05) is 13.1 Å². The molecule has 2 aromatic carbocycles. The van der Waals surface area contributed by atoms with Gasteiger partial charge < -0.3 is 14.8 Å². The number of nitrogens with zero attached hydrogens (tertiary/aromatic N) is 1. The monoisotopic (exact) mass is 472 g/mol. The van der Waals surface area contributed by atoms with Crippen LogP contribution >= 0.6 is 0 Å². The van der Waals surface area contributed by atoms with Crippen molar-refractivity contribution in [2.45, 2.75) is 38.6 Å². The summed E-state index contributed by atoms with van der Waals surface area (Å²) in [6.45, 7) is 3.69. The Hall–Kier alpha value is -2.58. The van der Waals surface area contributed by atoms with Gasteiger partial charge >= 0.3 is 0 Å². The molecular formula is C25H32N2O5S. The van der Waals surface area contributed by atoms with Gasteiger partial charge in [0.1, 0.15) is 13.2 Å². The van der Waals surface area contributed by atoms with E-state index in [1.807, 2.05) is 55.5 Å². The number of piperidine rings is 1. The maximum absolute atomic E-state index is 13.0. The fourth-order valence-corrected chi connectivity index (χ4v) is 5.97. The number of carbonyl (C=O) groups is 1. The number of ether oxygens (including phenoxy) is 2. The average Bonchev–Trinajstić information content (AvgIpc) is 2.84. The van der Waals surface area contributed by atoms with E-state index in [0.717, 1.165) is 17.5 Å². The summed E-state index contributed by atoms with van der Waals surface area (Å²) in [5, 5.41) is 3.05. The summed E-state index contributed by atoms with van der Waals surface area (Å²) in [5.41, 5.74) is 2.06. The number of hydrogen-bond acceptors (Lipinski definition) is 5. The summed E-state index contributed by atoms with van der Waals surface area (Å²) in [4.78, 5) is 13.0. The average molecular weight is 473 g/mol. The van der Waals surface area contributed by atoms with Crippen LogP contribution in [-0.2, 0) is 21.2 Å². The van der Waals surface area contributed by atoms with Gasteiger partial charge in [-0.25, -0.2) is 12.7 Å². The molecule has 2 atom stereocenters. The molecule has 0 aliphatic carbocycles. The summed E-state index contributed by atoms with van der Waals surface area (Å²) < 4.78 is 38.5. The van der Waals surface area contributed by atoms with E-state index >= 15 is 0 Å². The lowest BCUT2D eigenvalue weighted by atomic mass is 9.97. The number of hydrogen-bond donors (Lipinski definition) is 1. The van der Waals surface area contributed by atoms with E-state index in [2.05, 4.69) is 5.32 Å². The lowest BCUT2D eigenvalue weighted by Gasteiger charge is -2.32. The van der Waals surface area contributed by atoms with Crippen LogP contribution in [0.15, 0.2) is 48.5 Å². The van der Waals surface area contributed by atoms with Crippen molar-refractivity contribution in [3.05, 3.63) is 59.7 Å². The molecule has 2 heterocycles. The first kappa shape index (κ1) is 23.6. The van der Waals surface area contributed by atoms with Crippen LogP contribution in [0.3, 0.4) is 0 Å². The first-order valence-corrected chi connectivity index (χ1v) is 13.2. The fraction of sp³-hybridized carbons (Fsp3) is 0.480. The molecule has 4 rings (SSSR count). The van der Waals surface area contributed by atoms with Crippen LogP contribution in [0.2, 0.25) is 0 Å². The molecule has 2 aromatic rings. The van der Waals surface area contributed by atoms with Gasteiger partial charge in [-0.15, -0.1) is 0 Å². The Labute approximate surface area is 196 Å². The van der Waals surface area contributed by atoms with Crippen molar-refractivity contribution in [2.24, 2.45) is 5.92 Å². The number of rotatable bonds is 8. The van der Waals surface area contributed by atoms with Gasteiger partial charge in [-0.1, -0.05) is 36.4 Å². The van der Waals surface area contributed by atoms with Crippen molar-refractivity contribution in [1.82, 2.24) is 9.62 Å². The molecule has 1 N–H and O–H groups in total. The number of carbonyl (C=O) groups excluding carboxylic acids is 1. The molecule has 33 heavy (non-hydrogen) atoms. The van der Waals surface area contributed by atoms with Crippen LogP contribution in [0.4, 0.5) is 0 Å². The third kappa shape index (κ3) is 6.06. The molecule has 1 saturated heterocycles. The van der Waals surface area contributed by atoms with E-state index in [-0.39, 0.29) is 30.2 Å². The van der Waals surface area contributed by atoms with Gasteiger partial charge in [0.2, 0.25) is 15.9 Å². The molecule has 2 aliphatic heterocycles. The van der Waals surface area contributed by atoms with E-state index in [9.17, 15) is 13.2 Å². The Bertz CT molecular complexity index is 1060. The van der Waals surface area contributed by atoms with Crippen molar-refractivity contribution < 1.29 is 22.7 Å². The highest BCUT2D eigenvalue weighted by Crippen LogP contribution is 2.32. The molecule has 1 fully saturated rings. The summed E-state index contributed by atoms with van der Waals surface area (Å²) in [6.07, 6.45) is 2.68. The largest absolute Gasteiger partial charge is 0.486 e. The second-order valence-corrected chi connectivity index (χ2v) is 10.8. The summed E-state index contributed by atoms with van der Waals surface area (Å²) >= 11 is 0. The highest BCUT2D eigenvalue weighted by Gasteiger charge is 2.32. The van der Waals surface area contributed by atoms with Crippen molar-refractivity contribution >= 4 is 15.9 Å². The minimum absolute atomic E-state index is 0.101.